The first-order valence-electron chi connectivity index (χ1n) is 3.54. The van der Waals surface area contributed by atoms with E-state index in [9.17, 15) is 18.5 Å². The monoisotopic (exact) mass is 231 g/mol. The van der Waals surface area contributed by atoms with Crippen LogP contribution in [0.4, 0.5) is 5.69 Å². The molecule has 15 heavy (non-hydrogen) atoms. The van der Waals surface area contributed by atoms with Gasteiger partial charge in [0.15, 0.2) is 5.22 Å². The Bertz CT molecular complexity index is 509. The standard InChI is InChI=1S/C6H5N3O5S/c10-9(11)8-7-5-3-1-2-4-6(5)15(12,13)14/h1-4H,(H,12,13,14). The van der Waals surface area contributed by atoms with Crippen molar-refractivity contribution < 1.29 is 18.0 Å². The van der Waals surface area contributed by atoms with Crippen LogP contribution in [-0.2, 0) is 10.1 Å². The first-order valence-corrected chi connectivity index (χ1v) is 4.98. The smallest absolute Gasteiger partial charge is 0.299 e. The summed E-state index contributed by atoms with van der Waals surface area (Å²) in [4.78, 5) is 9.33. The molecule has 0 aromatic heterocycles. The summed E-state index contributed by atoms with van der Waals surface area (Å²) in [5.41, 5.74) is -0.295. The van der Waals surface area contributed by atoms with E-state index < -0.39 is 20.0 Å². The Morgan fingerprint density at radius 2 is 1.93 bits per heavy atom. The van der Waals surface area contributed by atoms with E-state index in [0.717, 1.165) is 6.07 Å². The molecule has 1 aromatic carbocycles. The highest BCUT2D eigenvalue weighted by Crippen LogP contribution is 2.23. The summed E-state index contributed by atoms with van der Waals surface area (Å²) in [7, 11) is -4.46. The molecule has 1 N–H and O–H groups in total. The van der Waals surface area contributed by atoms with Gasteiger partial charge in [-0.05, 0) is 12.1 Å². The van der Waals surface area contributed by atoms with Crippen LogP contribution in [0.1, 0.15) is 0 Å². The third kappa shape index (κ3) is 3.07. The molecule has 0 bridgehead atoms. The first-order chi connectivity index (χ1) is 6.91. The Labute approximate surface area is 84.1 Å². The van der Waals surface area contributed by atoms with Crippen molar-refractivity contribution in [1.82, 2.24) is 0 Å². The maximum atomic E-state index is 10.8. The van der Waals surface area contributed by atoms with E-state index in [0.29, 0.717) is 0 Å². The quantitative estimate of drug-likeness (QED) is 0.362. The molecule has 0 fully saturated rings. The predicted octanol–water partition coefficient (Wildman–Crippen LogP) is 1.21. The van der Waals surface area contributed by atoms with Gasteiger partial charge in [0.05, 0.1) is 10.1 Å². The van der Waals surface area contributed by atoms with Crippen LogP contribution in [0, 0.1) is 10.1 Å². The third-order valence-electron chi connectivity index (χ3n) is 1.37. The molecule has 0 radical (unpaired) electrons. The minimum absolute atomic E-state index is 0.295. The van der Waals surface area contributed by atoms with Crippen molar-refractivity contribution >= 4 is 15.8 Å². The summed E-state index contributed by atoms with van der Waals surface area (Å²) in [6, 6.07) is 4.98. The average molecular weight is 231 g/mol. The van der Waals surface area contributed by atoms with E-state index in [2.05, 4.69) is 10.3 Å². The number of rotatable bonds is 3. The molecule has 0 spiro atoms. The SMILES string of the molecule is O=[N+]([O-])N=Nc1ccccc1S(=O)(=O)O. The molecule has 1 rings (SSSR count). The predicted molar refractivity (Wildman–Crippen MR) is 47.8 cm³/mol. The summed E-state index contributed by atoms with van der Waals surface area (Å²) in [6.07, 6.45) is 0. The van der Waals surface area contributed by atoms with Gasteiger partial charge in [-0.25, -0.2) is 0 Å². The van der Waals surface area contributed by atoms with Crippen LogP contribution in [0.3, 0.4) is 0 Å². The maximum absolute atomic E-state index is 10.8. The second-order valence-electron chi connectivity index (χ2n) is 2.37. The fourth-order valence-electron chi connectivity index (χ4n) is 0.843. The van der Waals surface area contributed by atoms with Crippen molar-refractivity contribution in [3.63, 3.8) is 0 Å². The Morgan fingerprint density at radius 3 is 2.47 bits per heavy atom. The number of benzene rings is 1. The zero-order chi connectivity index (χ0) is 11.5. The van der Waals surface area contributed by atoms with Gasteiger partial charge in [0, 0.05) is 0 Å². The van der Waals surface area contributed by atoms with Crippen LogP contribution in [0.5, 0.6) is 0 Å². The van der Waals surface area contributed by atoms with Gasteiger partial charge in [-0.1, -0.05) is 12.1 Å². The minimum Gasteiger partial charge on any atom is -0.337 e. The highest BCUT2D eigenvalue weighted by atomic mass is 32.2. The Balaban J connectivity index is 3.25. The van der Waals surface area contributed by atoms with Gasteiger partial charge in [-0.15, -0.1) is 0 Å². The van der Waals surface area contributed by atoms with E-state index in [1.54, 1.807) is 0 Å². The van der Waals surface area contributed by atoms with Crippen molar-refractivity contribution in [1.29, 1.82) is 0 Å². The third-order valence-corrected chi connectivity index (χ3v) is 2.27. The summed E-state index contributed by atoms with van der Waals surface area (Å²) in [5.74, 6) is 0. The molecule has 0 saturated heterocycles. The van der Waals surface area contributed by atoms with Gasteiger partial charge in [0.25, 0.3) is 10.1 Å². The van der Waals surface area contributed by atoms with Crippen molar-refractivity contribution in [2.45, 2.75) is 4.90 Å². The molecule has 1 aromatic rings. The molecule has 0 aliphatic carbocycles. The molecule has 0 unspecified atom stereocenters. The van der Waals surface area contributed by atoms with Gasteiger partial charge in [-0.3, -0.25) is 4.55 Å². The Hall–Kier alpha value is -1.87. The van der Waals surface area contributed by atoms with Gasteiger partial charge >= 0.3 is 0 Å². The largest absolute Gasteiger partial charge is 0.337 e. The minimum atomic E-state index is -4.46. The second-order valence-corrected chi connectivity index (χ2v) is 3.76. The molecular weight excluding hydrogens is 226 g/mol. The van der Waals surface area contributed by atoms with Crippen LogP contribution in [0.15, 0.2) is 39.5 Å². The van der Waals surface area contributed by atoms with Crippen molar-refractivity contribution in [2.75, 3.05) is 0 Å². The molecule has 0 atom stereocenters. The molecule has 0 amide bonds. The summed E-state index contributed by atoms with van der Waals surface area (Å²) < 4.78 is 30.3. The van der Waals surface area contributed by atoms with Gasteiger partial charge in [0.1, 0.15) is 4.90 Å². The van der Waals surface area contributed by atoms with E-state index in [1.165, 1.54) is 18.2 Å². The van der Waals surface area contributed by atoms with Crippen molar-refractivity contribution in [2.24, 2.45) is 10.3 Å². The fraction of sp³-hybridized carbons (Fsp3) is 0. The maximum Gasteiger partial charge on any atom is 0.299 e. The van der Waals surface area contributed by atoms with E-state index >= 15 is 0 Å². The lowest BCUT2D eigenvalue weighted by Gasteiger charge is -1.94. The Kier molecular flexibility index (Phi) is 3.07. The topological polar surface area (TPSA) is 122 Å². The van der Waals surface area contributed by atoms with Crippen LogP contribution in [0.2, 0.25) is 0 Å². The van der Waals surface area contributed by atoms with E-state index in [4.69, 9.17) is 4.55 Å². The van der Waals surface area contributed by atoms with Crippen LogP contribution < -0.4 is 0 Å². The van der Waals surface area contributed by atoms with E-state index in [-0.39, 0.29) is 5.69 Å². The first kappa shape index (κ1) is 11.2. The van der Waals surface area contributed by atoms with Crippen molar-refractivity contribution in [3.8, 4) is 0 Å². The molecule has 8 nitrogen and oxygen atoms in total. The van der Waals surface area contributed by atoms with Gasteiger partial charge < -0.3 is 10.1 Å². The second kappa shape index (κ2) is 4.11. The molecule has 9 heteroatoms. The normalized spacial score (nSPS) is 11.8. The summed E-state index contributed by atoms with van der Waals surface area (Å²) in [6.45, 7) is 0. The number of hydrogen-bond donors (Lipinski definition) is 1. The summed E-state index contributed by atoms with van der Waals surface area (Å²) >= 11 is 0. The molecule has 0 heterocycles. The highest BCUT2D eigenvalue weighted by molar-refractivity contribution is 7.86. The van der Waals surface area contributed by atoms with E-state index in [1.807, 2.05) is 0 Å². The lowest BCUT2D eigenvalue weighted by Crippen LogP contribution is -1.97. The molecule has 0 aliphatic heterocycles. The van der Waals surface area contributed by atoms with Gasteiger partial charge in [-0.2, -0.15) is 8.42 Å². The van der Waals surface area contributed by atoms with Crippen LogP contribution in [-0.4, -0.2) is 18.0 Å². The average Bonchev–Trinajstić information content (AvgIpc) is 2.13. The molecular formula is C6H5N3O5S. The van der Waals surface area contributed by atoms with Gasteiger partial charge in [0.2, 0.25) is 5.69 Å². The van der Waals surface area contributed by atoms with Crippen LogP contribution >= 0.6 is 0 Å². The highest BCUT2D eigenvalue weighted by Gasteiger charge is 2.18. The zero-order valence-electron chi connectivity index (χ0n) is 7.14. The molecule has 80 valence electrons. The number of nitro groups is 1. The zero-order valence-corrected chi connectivity index (χ0v) is 7.96. The number of nitrogens with zero attached hydrogens (tertiary/aromatic N) is 3. The number of hydrogen-bond acceptors (Lipinski definition) is 5. The fourth-order valence-corrected chi connectivity index (χ4v) is 1.47. The van der Waals surface area contributed by atoms with Crippen molar-refractivity contribution in [3.05, 3.63) is 34.4 Å². The Morgan fingerprint density at radius 1 is 1.33 bits per heavy atom. The molecule has 0 aliphatic rings. The summed E-state index contributed by atoms with van der Waals surface area (Å²) in [5, 5.41) is 14.4. The lowest BCUT2D eigenvalue weighted by molar-refractivity contribution is -0.493. The van der Waals surface area contributed by atoms with Crippen LogP contribution in [0.25, 0.3) is 0 Å². The molecule has 0 saturated carbocycles. The lowest BCUT2D eigenvalue weighted by atomic mass is 10.3.